The zero-order chi connectivity index (χ0) is 14.7. The summed E-state index contributed by atoms with van der Waals surface area (Å²) in [5.41, 5.74) is 2.53. The number of hydrogen-bond acceptors (Lipinski definition) is 6. The molecule has 106 valence electrons. The number of esters is 1. The number of nitrogens with one attached hydrogen (secondary N) is 1. The van der Waals surface area contributed by atoms with Gasteiger partial charge in [-0.25, -0.2) is 9.78 Å². The van der Waals surface area contributed by atoms with Crippen LogP contribution in [0, 0.1) is 11.6 Å². The van der Waals surface area contributed by atoms with Gasteiger partial charge in [0.1, 0.15) is 21.9 Å². The SMILES string of the molecule is COCc1nc(=S)cc(-c2c(C)csc2C(=O)OC)[nH]1. The lowest BCUT2D eigenvalue weighted by molar-refractivity contribution is 0.0607. The van der Waals surface area contributed by atoms with E-state index in [1.165, 1.54) is 18.4 Å². The summed E-state index contributed by atoms with van der Waals surface area (Å²) in [6.07, 6.45) is 0. The summed E-state index contributed by atoms with van der Waals surface area (Å²) in [6, 6.07) is 1.73. The van der Waals surface area contributed by atoms with E-state index in [1.807, 2.05) is 12.3 Å². The summed E-state index contributed by atoms with van der Waals surface area (Å²) < 4.78 is 10.3. The summed E-state index contributed by atoms with van der Waals surface area (Å²) in [7, 11) is 2.95. The average Bonchev–Trinajstić information content (AvgIpc) is 2.79. The molecule has 20 heavy (non-hydrogen) atoms. The van der Waals surface area contributed by atoms with Crippen molar-refractivity contribution in [2.24, 2.45) is 0 Å². The van der Waals surface area contributed by atoms with Crippen LogP contribution in [0.25, 0.3) is 11.3 Å². The minimum atomic E-state index is -0.359. The number of aromatic nitrogens is 2. The summed E-state index contributed by atoms with van der Waals surface area (Å²) in [4.78, 5) is 19.7. The predicted octanol–water partition coefficient (Wildman–Crippen LogP) is 3.11. The molecule has 5 nitrogen and oxygen atoms in total. The second-order valence-electron chi connectivity index (χ2n) is 4.13. The number of H-pyrrole nitrogens is 1. The number of nitrogens with zero attached hydrogens (tertiary/aromatic N) is 1. The zero-order valence-corrected chi connectivity index (χ0v) is 13.0. The lowest BCUT2D eigenvalue weighted by Crippen LogP contribution is -2.03. The Morgan fingerprint density at radius 3 is 2.90 bits per heavy atom. The summed E-state index contributed by atoms with van der Waals surface area (Å²) in [5.74, 6) is 0.263. The molecule has 0 unspecified atom stereocenters. The third-order valence-electron chi connectivity index (χ3n) is 2.69. The van der Waals surface area contributed by atoms with E-state index in [1.54, 1.807) is 13.2 Å². The van der Waals surface area contributed by atoms with Crippen molar-refractivity contribution < 1.29 is 14.3 Å². The molecule has 0 atom stereocenters. The van der Waals surface area contributed by atoms with Gasteiger partial charge in [-0.1, -0.05) is 12.2 Å². The van der Waals surface area contributed by atoms with Crippen LogP contribution in [0.5, 0.6) is 0 Å². The van der Waals surface area contributed by atoms with Crippen LogP contribution in [-0.4, -0.2) is 30.2 Å². The van der Waals surface area contributed by atoms with Gasteiger partial charge in [-0.2, -0.15) is 0 Å². The Labute approximate surface area is 125 Å². The first-order valence-electron chi connectivity index (χ1n) is 5.82. The van der Waals surface area contributed by atoms with Crippen LogP contribution in [0.4, 0.5) is 0 Å². The first-order chi connectivity index (χ1) is 9.56. The van der Waals surface area contributed by atoms with Gasteiger partial charge in [0.15, 0.2) is 0 Å². The summed E-state index contributed by atoms with van der Waals surface area (Å²) in [6.45, 7) is 2.26. The topological polar surface area (TPSA) is 64.2 Å². The smallest absolute Gasteiger partial charge is 0.348 e. The molecule has 2 heterocycles. The minimum Gasteiger partial charge on any atom is -0.465 e. The number of thiophene rings is 1. The lowest BCUT2D eigenvalue weighted by atomic mass is 10.1. The molecule has 0 spiro atoms. The van der Waals surface area contributed by atoms with Gasteiger partial charge in [-0.3, -0.25) is 0 Å². The highest BCUT2D eigenvalue weighted by Crippen LogP contribution is 2.31. The van der Waals surface area contributed by atoms with Gasteiger partial charge < -0.3 is 14.5 Å². The molecule has 0 radical (unpaired) electrons. The van der Waals surface area contributed by atoms with Crippen LogP contribution in [-0.2, 0) is 16.1 Å². The van der Waals surface area contributed by atoms with E-state index in [9.17, 15) is 4.79 Å². The second-order valence-corrected chi connectivity index (χ2v) is 5.43. The number of methoxy groups -OCH3 is 2. The average molecular weight is 310 g/mol. The van der Waals surface area contributed by atoms with Crippen molar-refractivity contribution >= 4 is 29.5 Å². The molecule has 2 aromatic heterocycles. The Bertz CT molecular complexity index is 691. The highest BCUT2D eigenvalue weighted by molar-refractivity contribution is 7.71. The molecule has 7 heteroatoms. The van der Waals surface area contributed by atoms with Crippen molar-refractivity contribution in [2.45, 2.75) is 13.5 Å². The maximum absolute atomic E-state index is 11.8. The first kappa shape index (κ1) is 14.8. The third-order valence-corrected chi connectivity index (χ3v) is 3.98. The van der Waals surface area contributed by atoms with Gasteiger partial charge >= 0.3 is 5.97 Å². The molecule has 0 aliphatic heterocycles. The molecule has 1 N–H and O–H groups in total. The molecule has 0 bridgehead atoms. The number of carbonyl (C=O) groups is 1. The largest absolute Gasteiger partial charge is 0.465 e. The van der Waals surface area contributed by atoms with Crippen molar-refractivity contribution in [1.29, 1.82) is 0 Å². The van der Waals surface area contributed by atoms with Crippen LogP contribution in [0.2, 0.25) is 0 Å². The third kappa shape index (κ3) is 2.95. The van der Waals surface area contributed by atoms with Gasteiger partial charge in [0.25, 0.3) is 0 Å². The second kappa shape index (κ2) is 6.25. The van der Waals surface area contributed by atoms with E-state index in [4.69, 9.17) is 21.7 Å². The molecular formula is C13H14N2O3S2. The number of hydrogen-bond donors (Lipinski definition) is 1. The number of ether oxygens (including phenoxy) is 2. The molecular weight excluding hydrogens is 296 g/mol. The van der Waals surface area contributed by atoms with Gasteiger partial charge in [0.05, 0.1) is 12.8 Å². The van der Waals surface area contributed by atoms with E-state index >= 15 is 0 Å². The highest BCUT2D eigenvalue weighted by atomic mass is 32.1. The zero-order valence-electron chi connectivity index (χ0n) is 11.4. The van der Waals surface area contributed by atoms with Crippen LogP contribution in [0.3, 0.4) is 0 Å². The lowest BCUT2D eigenvalue weighted by Gasteiger charge is -2.07. The Morgan fingerprint density at radius 1 is 1.50 bits per heavy atom. The van der Waals surface area contributed by atoms with Crippen molar-refractivity contribution in [3.63, 3.8) is 0 Å². The first-order valence-corrected chi connectivity index (χ1v) is 7.11. The van der Waals surface area contributed by atoms with Gasteiger partial charge in [-0.05, 0) is 23.9 Å². The van der Waals surface area contributed by atoms with E-state index < -0.39 is 0 Å². The number of rotatable bonds is 4. The predicted molar refractivity (Wildman–Crippen MR) is 79.5 cm³/mol. The highest BCUT2D eigenvalue weighted by Gasteiger charge is 2.19. The Morgan fingerprint density at radius 2 is 2.25 bits per heavy atom. The maximum Gasteiger partial charge on any atom is 0.348 e. The molecule has 0 aliphatic rings. The van der Waals surface area contributed by atoms with Gasteiger partial charge in [0, 0.05) is 12.7 Å². The molecule has 0 saturated carbocycles. The molecule has 2 rings (SSSR count). The fraction of sp³-hybridized carbons (Fsp3) is 0.308. The fourth-order valence-electron chi connectivity index (χ4n) is 1.87. The maximum atomic E-state index is 11.8. The molecule has 0 amide bonds. The fourth-order valence-corrected chi connectivity index (χ4v) is 3.08. The molecule has 0 aliphatic carbocycles. The standard InChI is InChI=1S/C13H14N2O3S2/c1-7-6-20-12(13(16)18-3)11(7)8-4-10(19)15-9(14-8)5-17-2/h4,6H,5H2,1-3H3,(H,14,15,19). The normalized spacial score (nSPS) is 10.6. The number of aryl methyl sites for hydroxylation is 1. The quantitative estimate of drug-likeness (QED) is 0.694. The Hall–Kier alpha value is -1.57. The number of aromatic amines is 1. The monoisotopic (exact) mass is 310 g/mol. The van der Waals surface area contributed by atoms with Crippen LogP contribution < -0.4 is 0 Å². The Balaban J connectivity index is 2.59. The van der Waals surface area contributed by atoms with Crippen LogP contribution in [0.1, 0.15) is 21.1 Å². The molecule has 0 saturated heterocycles. The van der Waals surface area contributed by atoms with Crippen molar-refractivity contribution in [2.75, 3.05) is 14.2 Å². The molecule has 0 aromatic carbocycles. The van der Waals surface area contributed by atoms with Crippen LogP contribution in [0.15, 0.2) is 11.4 Å². The van der Waals surface area contributed by atoms with Crippen LogP contribution >= 0.6 is 23.6 Å². The van der Waals surface area contributed by atoms with E-state index in [0.29, 0.717) is 21.9 Å². The summed E-state index contributed by atoms with van der Waals surface area (Å²) >= 11 is 6.50. The van der Waals surface area contributed by atoms with E-state index in [0.717, 1.165) is 16.8 Å². The van der Waals surface area contributed by atoms with Crippen molar-refractivity contribution in [1.82, 2.24) is 9.97 Å². The van der Waals surface area contributed by atoms with E-state index in [2.05, 4.69) is 9.97 Å². The van der Waals surface area contributed by atoms with E-state index in [-0.39, 0.29) is 5.97 Å². The minimum absolute atomic E-state index is 0.328. The van der Waals surface area contributed by atoms with Crippen molar-refractivity contribution in [3.8, 4) is 11.3 Å². The molecule has 0 fully saturated rings. The van der Waals surface area contributed by atoms with Gasteiger partial charge in [-0.15, -0.1) is 11.3 Å². The Kier molecular flexibility index (Phi) is 4.64. The molecule has 2 aromatic rings. The van der Waals surface area contributed by atoms with Gasteiger partial charge in [0.2, 0.25) is 0 Å². The summed E-state index contributed by atoms with van der Waals surface area (Å²) in [5, 5.41) is 1.91. The number of carbonyl (C=O) groups excluding carboxylic acids is 1. The van der Waals surface area contributed by atoms with Crippen molar-refractivity contribution in [3.05, 3.63) is 32.4 Å².